The molecule has 2 heterocycles. The molecule has 0 fully saturated rings. The third kappa shape index (κ3) is 2.94. The molecule has 0 saturated carbocycles. The smallest absolute Gasteiger partial charge is 0.241 e. The van der Waals surface area contributed by atoms with Crippen LogP contribution in [0.2, 0.25) is 0 Å². The Hall–Kier alpha value is -2.28. The van der Waals surface area contributed by atoms with Gasteiger partial charge in [-0.25, -0.2) is 14.6 Å². The van der Waals surface area contributed by atoms with Crippen molar-refractivity contribution in [2.45, 2.75) is 19.9 Å². The summed E-state index contributed by atoms with van der Waals surface area (Å²) in [6, 6.07) is 2.91. The van der Waals surface area contributed by atoms with Crippen molar-refractivity contribution in [2.75, 3.05) is 5.32 Å². The highest BCUT2D eigenvalue weighted by Crippen LogP contribution is 2.16. The van der Waals surface area contributed by atoms with Gasteiger partial charge in [0.2, 0.25) is 5.91 Å². The molecule has 19 heavy (non-hydrogen) atoms. The van der Waals surface area contributed by atoms with E-state index < -0.39 is 6.04 Å². The molecule has 100 valence electrons. The number of nitrogens with one attached hydrogen (secondary N) is 1. The van der Waals surface area contributed by atoms with Gasteiger partial charge in [0.25, 0.3) is 0 Å². The van der Waals surface area contributed by atoms with E-state index in [1.807, 2.05) is 13.8 Å². The van der Waals surface area contributed by atoms with Gasteiger partial charge in [-0.1, -0.05) is 13.8 Å². The number of aromatic nitrogens is 4. The minimum Gasteiger partial charge on any atom is -0.322 e. The molecule has 0 radical (unpaired) electrons. The van der Waals surface area contributed by atoms with Crippen molar-refractivity contribution >= 4 is 11.6 Å². The lowest BCUT2D eigenvalue weighted by Crippen LogP contribution is -2.40. The lowest BCUT2D eigenvalue weighted by atomic mass is 10.1. The Bertz CT molecular complexity index is 551. The number of carbonyl (C=O) groups is 1. The normalized spacial score (nSPS) is 12.4. The van der Waals surface area contributed by atoms with E-state index in [1.54, 1.807) is 18.3 Å². The van der Waals surface area contributed by atoms with E-state index in [0.29, 0.717) is 11.5 Å². The summed E-state index contributed by atoms with van der Waals surface area (Å²) in [4.78, 5) is 20.0. The van der Waals surface area contributed by atoms with Crippen molar-refractivity contribution in [3.63, 3.8) is 0 Å². The molecule has 2 aromatic rings. The van der Waals surface area contributed by atoms with Crippen LogP contribution in [-0.4, -0.2) is 31.7 Å². The molecule has 0 aromatic carbocycles. The van der Waals surface area contributed by atoms with Gasteiger partial charge in [-0.3, -0.25) is 4.79 Å². The quantitative estimate of drug-likeness (QED) is 0.838. The summed E-state index contributed by atoms with van der Waals surface area (Å²) in [5.74, 6) is 0.320. The van der Waals surface area contributed by atoms with Crippen molar-refractivity contribution in [2.24, 2.45) is 11.7 Å². The number of hydrogen-bond acceptors (Lipinski definition) is 5. The number of anilines is 1. The zero-order chi connectivity index (χ0) is 13.8. The summed E-state index contributed by atoms with van der Waals surface area (Å²) in [5, 5.41) is 6.76. The molecule has 0 aliphatic carbocycles. The van der Waals surface area contributed by atoms with Crippen LogP contribution in [0.25, 0.3) is 5.82 Å². The molecule has 2 aromatic heterocycles. The number of nitrogens with two attached hydrogens (primary N) is 1. The Labute approximate surface area is 110 Å². The second-order valence-electron chi connectivity index (χ2n) is 4.47. The number of nitrogens with zero attached hydrogens (tertiary/aromatic N) is 4. The Kier molecular flexibility index (Phi) is 3.86. The maximum atomic E-state index is 12.0. The third-order valence-electron chi connectivity index (χ3n) is 2.70. The van der Waals surface area contributed by atoms with E-state index in [0.717, 1.165) is 0 Å². The fraction of sp³-hybridized carbons (Fsp3) is 0.333. The summed E-state index contributed by atoms with van der Waals surface area (Å²) in [7, 11) is 0. The third-order valence-corrected chi connectivity index (χ3v) is 2.70. The van der Waals surface area contributed by atoms with Crippen LogP contribution in [0, 0.1) is 5.92 Å². The molecule has 1 atom stereocenters. The van der Waals surface area contributed by atoms with Gasteiger partial charge in [0, 0.05) is 6.20 Å². The topological polar surface area (TPSA) is 98.7 Å². The second kappa shape index (κ2) is 5.57. The monoisotopic (exact) mass is 260 g/mol. The minimum absolute atomic E-state index is 0.0616. The highest BCUT2D eigenvalue weighted by Gasteiger charge is 2.19. The van der Waals surface area contributed by atoms with E-state index in [-0.39, 0.29) is 11.8 Å². The Morgan fingerprint density at radius 2 is 2.26 bits per heavy atom. The summed E-state index contributed by atoms with van der Waals surface area (Å²) >= 11 is 0. The fourth-order valence-corrected chi connectivity index (χ4v) is 1.51. The molecule has 7 heteroatoms. The van der Waals surface area contributed by atoms with Gasteiger partial charge in [0.15, 0.2) is 5.82 Å². The maximum absolute atomic E-state index is 12.0. The van der Waals surface area contributed by atoms with Crippen molar-refractivity contribution in [1.82, 2.24) is 19.7 Å². The molecular formula is C12H16N6O. The summed E-state index contributed by atoms with van der Waals surface area (Å²) < 4.78 is 1.48. The van der Waals surface area contributed by atoms with E-state index in [4.69, 9.17) is 5.73 Å². The Morgan fingerprint density at radius 1 is 1.47 bits per heavy atom. The van der Waals surface area contributed by atoms with Gasteiger partial charge in [0.05, 0.1) is 11.7 Å². The maximum Gasteiger partial charge on any atom is 0.241 e. The van der Waals surface area contributed by atoms with E-state index in [9.17, 15) is 4.79 Å². The first-order valence-electron chi connectivity index (χ1n) is 5.96. The number of pyridine rings is 1. The minimum atomic E-state index is -0.566. The van der Waals surface area contributed by atoms with Crippen molar-refractivity contribution in [3.05, 3.63) is 31.0 Å². The van der Waals surface area contributed by atoms with Gasteiger partial charge in [0.1, 0.15) is 12.7 Å². The lowest BCUT2D eigenvalue weighted by Gasteiger charge is -2.16. The van der Waals surface area contributed by atoms with Gasteiger partial charge in [-0.2, -0.15) is 5.10 Å². The summed E-state index contributed by atoms with van der Waals surface area (Å²) in [5.41, 5.74) is 6.36. The molecule has 0 aliphatic rings. The highest BCUT2D eigenvalue weighted by atomic mass is 16.2. The van der Waals surface area contributed by atoms with Crippen LogP contribution >= 0.6 is 0 Å². The first-order chi connectivity index (χ1) is 9.09. The predicted molar refractivity (Wildman–Crippen MR) is 70.6 cm³/mol. The highest BCUT2D eigenvalue weighted by molar-refractivity contribution is 5.96. The van der Waals surface area contributed by atoms with Crippen LogP contribution in [-0.2, 0) is 4.79 Å². The van der Waals surface area contributed by atoms with Crippen molar-refractivity contribution in [1.29, 1.82) is 0 Å². The summed E-state index contributed by atoms with van der Waals surface area (Å²) in [6.45, 7) is 3.79. The number of carbonyl (C=O) groups excluding carboxylic acids is 1. The van der Waals surface area contributed by atoms with E-state index >= 15 is 0 Å². The zero-order valence-corrected chi connectivity index (χ0v) is 10.8. The number of amides is 1. The van der Waals surface area contributed by atoms with E-state index in [2.05, 4.69) is 20.4 Å². The predicted octanol–water partition coefficient (Wildman–Crippen LogP) is 0.584. The summed E-state index contributed by atoms with van der Waals surface area (Å²) in [6.07, 6.45) is 4.54. The Balaban J connectivity index is 2.24. The lowest BCUT2D eigenvalue weighted by molar-refractivity contribution is -0.118. The molecule has 0 saturated heterocycles. The SMILES string of the molecule is CC(C)[C@H](N)C(=O)Nc1cccnc1-n1cncn1. The molecule has 0 unspecified atom stereocenters. The number of hydrogen-bond donors (Lipinski definition) is 2. The second-order valence-corrected chi connectivity index (χ2v) is 4.47. The molecule has 0 bridgehead atoms. The average molecular weight is 260 g/mol. The first-order valence-corrected chi connectivity index (χ1v) is 5.96. The van der Waals surface area contributed by atoms with Crippen LogP contribution in [0.3, 0.4) is 0 Å². The van der Waals surface area contributed by atoms with Crippen molar-refractivity contribution < 1.29 is 4.79 Å². The largest absolute Gasteiger partial charge is 0.322 e. The van der Waals surface area contributed by atoms with Gasteiger partial charge < -0.3 is 11.1 Å². The molecule has 2 rings (SSSR count). The molecule has 7 nitrogen and oxygen atoms in total. The van der Waals surface area contributed by atoms with Crippen molar-refractivity contribution in [3.8, 4) is 5.82 Å². The molecule has 0 aliphatic heterocycles. The van der Waals surface area contributed by atoms with Gasteiger partial charge >= 0.3 is 0 Å². The first kappa shape index (κ1) is 13.2. The van der Waals surface area contributed by atoms with Crippen LogP contribution in [0.4, 0.5) is 5.69 Å². The van der Waals surface area contributed by atoms with Crippen LogP contribution < -0.4 is 11.1 Å². The van der Waals surface area contributed by atoms with Crippen LogP contribution in [0.5, 0.6) is 0 Å². The van der Waals surface area contributed by atoms with Crippen LogP contribution in [0.1, 0.15) is 13.8 Å². The van der Waals surface area contributed by atoms with Gasteiger partial charge in [-0.15, -0.1) is 0 Å². The standard InChI is InChI=1S/C12H16N6O/c1-8(2)10(13)12(19)17-9-4-3-5-15-11(9)18-7-14-6-16-18/h3-8,10H,13H2,1-2H3,(H,17,19)/t10-/m0/s1. The van der Waals surface area contributed by atoms with Crippen LogP contribution in [0.15, 0.2) is 31.0 Å². The Morgan fingerprint density at radius 3 is 2.89 bits per heavy atom. The molecule has 1 amide bonds. The van der Waals surface area contributed by atoms with Gasteiger partial charge in [-0.05, 0) is 18.1 Å². The average Bonchev–Trinajstić information content (AvgIpc) is 2.92. The molecular weight excluding hydrogens is 244 g/mol. The zero-order valence-electron chi connectivity index (χ0n) is 10.8. The fourth-order valence-electron chi connectivity index (χ4n) is 1.51. The van der Waals surface area contributed by atoms with E-state index in [1.165, 1.54) is 17.3 Å². The molecule has 3 N–H and O–H groups in total. The molecule has 0 spiro atoms. The number of rotatable bonds is 4.